The van der Waals surface area contributed by atoms with E-state index in [1.807, 2.05) is 54.8 Å². The fourth-order valence-electron chi connectivity index (χ4n) is 4.11. The summed E-state index contributed by atoms with van der Waals surface area (Å²) in [6.45, 7) is 4.85. The van der Waals surface area contributed by atoms with Crippen molar-refractivity contribution in [2.75, 3.05) is 27.3 Å². The van der Waals surface area contributed by atoms with Crippen molar-refractivity contribution in [3.05, 3.63) is 53.3 Å². The van der Waals surface area contributed by atoms with Crippen LogP contribution in [0.3, 0.4) is 0 Å². The highest BCUT2D eigenvalue weighted by Gasteiger charge is 2.39. The summed E-state index contributed by atoms with van der Waals surface area (Å²) in [7, 11) is 3.16. The van der Waals surface area contributed by atoms with Gasteiger partial charge in [0.2, 0.25) is 5.91 Å². The lowest BCUT2D eigenvalue weighted by Gasteiger charge is -2.24. The Morgan fingerprint density at radius 1 is 1.13 bits per heavy atom. The Kier molecular flexibility index (Phi) is 5.15. The van der Waals surface area contributed by atoms with Gasteiger partial charge in [-0.15, -0.1) is 0 Å². The standard InChI is InChI=1S/C23H27N3O4/c1-15-5-7-17(8-6-15)23(28)9-10-25(14-23)22(27)13-26-16(2)24-18-11-20(29-3)21(30-4)12-19(18)26/h5-8,11-12,28H,9-10,13-14H2,1-4H3. The molecule has 2 heterocycles. The predicted octanol–water partition coefficient (Wildman–Crippen LogP) is 2.79. The summed E-state index contributed by atoms with van der Waals surface area (Å²) in [5, 5.41) is 11.1. The molecule has 0 radical (unpaired) electrons. The van der Waals surface area contributed by atoms with Crippen LogP contribution in [-0.2, 0) is 16.9 Å². The summed E-state index contributed by atoms with van der Waals surface area (Å²) in [5.74, 6) is 1.88. The smallest absolute Gasteiger partial charge is 0.242 e. The van der Waals surface area contributed by atoms with Crippen molar-refractivity contribution < 1.29 is 19.4 Å². The van der Waals surface area contributed by atoms with E-state index in [4.69, 9.17) is 9.47 Å². The molecule has 1 aromatic heterocycles. The van der Waals surface area contributed by atoms with Crippen LogP contribution in [0.5, 0.6) is 11.5 Å². The molecule has 1 saturated heterocycles. The summed E-state index contributed by atoms with van der Waals surface area (Å²) in [6, 6.07) is 11.5. The molecule has 1 aliphatic heterocycles. The number of nitrogens with zero attached hydrogens (tertiary/aromatic N) is 3. The molecule has 1 atom stereocenters. The fourth-order valence-corrected chi connectivity index (χ4v) is 4.11. The molecule has 0 aliphatic carbocycles. The number of methoxy groups -OCH3 is 2. The summed E-state index contributed by atoms with van der Waals surface area (Å²) in [6.07, 6.45) is 0.524. The van der Waals surface area contributed by atoms with E-state index in [1.165, 1.54) is 0 Å². The van der Waals surface area contributed by atoms with Gasteiger partial charge in [-0.05, 0) is 25.8 Å². The quantitative estimate of drug-likeness (QED) is 0.701. The van der Waals surface area contributed by atoms with Crippen molar-refractivity contribution in [3.63, 3.8) is 0 Å². The number of hydrogen-bond donors (Lipinski definition) is 1. The molecule has 0 saturated carbocycles. The Morgan fingerprint density at radius 3 is 2.47 bits per heavy atom. The number of carbonyl (C=O) groups excluding carboxylic acids is 1. The number of aromatic nitrogens is 2. The van der Waals surface area contributed by atoms with E-state index in [0.717, 1.165) is 28.0 Å². The molecule has 30 heavy (non-hydrogen) atoms. The summed E-state index contributed by atoms with van der Waals surface area (Å²) in [5.41, 5.74) is 2.54. The number of carbonyl (C=O) groups is 1. The highest BCUT2D eigenvalue weighted by Crippen LogP contribution is 2.34. The number of β-amino-alcohol motifs (C(OH)–C–C–N with tert-alkyl or cyclic N) is 1. The number of aryl methyl sites for hydroxylation is 2. The van der Waals surface area contributed by atoms with E-state index in [9.17, 15) is 9.90 Å². The number of rotatable bonds is 5. The SMILES string of the molecule is COc1cc2nc(C)n(CC(=O)N3CCC(O)(c4ccc(C)cc4)C3)c2cc1OC. The second-order valence-electron chi connectivity index (χ2n) is 7.90. The number of benzene rings is 2. The van der Waals surface area contributed by atoms with E-state index >= 15 is 0 Å². The Morgan fingerprint density at radius 2 is 1.80 bits per heavy atom. The number of amides is 1. The number of aliphatic hydroxyl groups is 1. The molecule has 1 N–H and O–H groups in total. The first-order valence-corrected chi connectivity index (χ1v) is 10.0. The number of ether oxygens (including phenoxy) is 2. The largest absolute Gasteiger partial charge is 0.493 e. The third-order valence-electron chi connectivity index (χ3n) is 5.93. The van der Waals surface area contributed by atoms with Crippen LogP contribution >= 0.6 is 0 Å². The molecular weight excluding hydrogens is 382 g/mol. The van der Waals surface area contributed by atoms with Gasteiger partial charge in [-0.25, -0.2) is 4.98 Å². The molecule has 7 nitrogen and oxygen atoms in total. The summed E-state index contributed by atoms with van der Waals surface area (Å²) < 4.78 is 12.6. The van der Waals surface area contributed by atoms with Crippen LogP contribution in [0.4, 0.5) is 0 Å². The number of imidazole rings is 1. The highest BCUT2D eigenvalue weighted by molar-refractivity contribution is 5.84. The van der Waals surface area contributed by atoms with Gasteiger partial charge in [0, 0.05) is 18.7 Å². The van der Waals surface area contributed by atoms with Crippen molar-refractivity contribution in [1.29, 1.82) is 0 Å². The summed E-state index contributed by atoms with van der Waals surface area (Å²) in [4.78, 5) is 19.4. The second-order valence-corrected chi connectivity index (χ2v) is 7.90. The molecule has 1 aliphatic rings. The van der Waals surface area contributed by atoms with E-state index in [0.29, 0.717) is 24.5 Å². The minimum atomic E-state index is -1.01. The third kappa shape index (κ3) is 3.50. The van der Waals surface area contributed by atoms with Gasteiger partial charge in [-0.1, -0.05) is 29.8 Å². The molecule has 1 amide bonds. The van der Waals surface area contributed by atoms with Crippen molar-refractivity contribution in [2.24, 2.45) is 0 Å². The van der Waals surface area contributed by atoms with Crippen LogP contribution < -0.4 is 9.47 Å². The lowest BCUT2D eigenvalue weighted by Crippen LogP contribution is -2.36. The molecule has 4 rings (SSSR count). The average molecular weight is 409 g/mol. The number of fused-ring (bicyclic) bond motifs is 1. The lowest BCUT2D eigenvalue weighted by atomic mass is 9.92. The van der Waals surface area contributed by atoms with Gasteiger partial charge in [-0.2, -0.15) is 0 Å². The first-order chi connectivity index (χ1) is 14.3. The van der Waals surface area contributed by atoms with Gasteiger partial charge in [0.25, 0.3) is 0 Å². The first-order valence-electron chi connectivity index (χ1n) is 10.0. The predicted molar refractivity (Wildman–Crippen MR) is 114 cm³/mol. The molecule has 158 valence electrons. The minimum absolute atomic E-state index is 0.0461. The zero-order valence-electron chi connectivity index (χ0n) is 17.8. The zero-order chi connectivity index (χ0) is 21.5. The minimum Gasteiger partial charge on any atom is -0.493 e. The van der Waals surface area contributed by atoms with E-state index in [2.05, 4.69) is 4.98 Å². The van der Waals surface area contributed by atoms with Crippen LogP contribution in [0.2, 0.25) is 0 Å². The maximum Gasteiger partial charge on any atom is 0.242 e. The number of likely N-dealkylation sites (tertiary alicyclic amines) is 1. The molecule has 2 aromatic carbocycles. The molecular formula is C23H27N3O4. The van der Waals surface area contributed by atoms with Crippen molar-refractivity contribution >= 4 is 16.9 Å². The molecule has 1 fully saturated rings. The molecule has 3 aromatic rings. The monoisotopic (exact) mass is 409 g/mol. The van der Waals surface area contributed by atoms with Gasteiger partial charge in [-0.3, -0.25) is 4.79 Å². The highest BCUT2D eigenvalue weighted by atomic mass is 16.5. The van der Waals surface area contributed by atoms with E-state index < -0.39 is 5.60 Å². The second kappa shape index (κ2) is 7.65. The van der Waals surface area contributed by atoms with Crippen molar-refractivity contribution in [2.45, 2.75) is 32.4 Å². The molecule has 7 heteroatoms. The van der Waals surface area contributed by atoms with Crippen LogP contribution in [0, 0.1) is 13.8 Å². The van der Waals surface area contributed by atoms with Crippen LogP contribution in [0.25, 0.3) is 11.0 Å². The van der Waals surface area contributed by atoms with Gasteiger partial charge >= 0.3 is 0 Å². The van der Waals surface area contributed by atoms with Crippen LogP contribution in [-0.4, -0.2) is 52.8 Å². The molecule has 1 unspecified atom stereocenters. The van der Waals surface area contributed by atoms with Crippen molar-refractivity contribution in [3.8, 4) is 11.5 Å². The third-order valence-corrected chi connectivity index (χ3v) is 5.93. The molecule has 0 spiro atoms. The Labute approximate surface area is 175 Å². The molecule has 0 bridgehead atoms. The van der Waals surface area contributed by atoms with Gasteiger partial charge in [0.1, 0.15) is 18.0 Å². The van der Waals surface area contributed by atoms with Gasteiger partial charge in [0.05, 0.1) is 31.8 Å². The summed E-state index contributed by atoms with van der Waals surface area (Å²) >= 11 is 0. The van der Waals surface area contributed by atoms with E-state index in [1.54, 1.807) is 19.1 Å². The van der Waals surface area contributed by atoms with Gasteiger partial charge < -0.3 is 24.0 Å². The Bertz CT molecular complexity index is 1090. The average Bonchev–Trinajstić information content (AvgIpc) is 3.28. The normalized spacial score (nSPS) is 18.8. The first kappa shape index (κ1) is 20.2. The maximum atomic E-state index is 13.1. The van der Waals surface area contributed by atoms with Gasteiger partial charge in [0.15, 0.2) is 11.5 Å². The topological polar surface area (TPSA) is 76.8 Å². The van der Waals surface area contributed by atoms with E-state index in [-0.39, 0.29) is 19.0 Å². The van der Waals surface area contributed by atoms with Crippen molar-refractivity contribution in [1.82, 2.24) is 14.5 Å². The number of hydrogen-bond acceptors (Lipinski definition) is 5. The Hall–Kier alpha value is -3.06. The lowest BCUT2D eigenvalue weighted by molar-refractivity contribution is -0.131. The van der Waals surface area contributed by atoms with Crippen LogP contribution in [0.1, 0.15) is 23.4 Å². The zero-order valence-corrected chi connectivity index (χ0v) is 17.8. The van der Waals surface area contributed by atoms with Crippen LogP contribution in [0.15, 0.2) is 36.4 Å². The Balaban J connectivity index is 1.56. The fraction of sp³-hybridized carbons (Fsp3) is 0.391. The maximum absolute atomic E-state index is 13.1.